The van der Waals surface area contributed by atoms with Crippen molar-refractivity contribution in [2.75, 3.05) is 13.2 Å². The average molecular weight is 264 g/mol. The maximum absolute atomic E-state index is 5.96. The lowest BCUT2D eigenvalue weighted by molar-refractivity contribution is 0.00276. The van der Waals surface area contributed by atoms with Gasteiger partial charge in [-0.2, -0.15) is 0 Å². The molecule has 0 saturated heterocycles. The Hall–Kier alpha value is -0.930. The summed E-state index contributed by atoms with van der Waals surface area (Å²) >= 11 is 0. The van der Waals surface area contributed by atoms with E-state index in [9.17, 15) is 0 Å². The molecule has 19 heavy (non-hydrogen) atoms. The van der Waals surface area contributed by atoms with Crippen molar-refractivity contribution in [2.24, 2.45) is 5.92 Å². The lowest BCUT2D eigenvalue weighted by atomic mass is 9.94. The Balaban J connectivity index is 2.94. The standard InChI is InChI=1S/C16H28N2O/c1-6-10-17-15(16(12(3)4)19-7-2)14-9-8-13(5)18-11-14/h8-9,11-12,15-17H,6-7,10H2,1-5H3. The van der Waals surface area contributed by atoms with Gasteiger partial charge in [-0.05, 0) is 44.4 Å². The molecule has 0 fully saturated rings. The van der Waals surface area contributed by atoms with Gasteiger partial charge in [0.1, 0.15) is 0 Å². The molecule has 0 radical (unpaired) electrons. The Kier molecular flexibility index (Phi) is 7.03. The molecular weight excluding hydrogens is 236 g/mol. The molecule has 2 atom stereocenters. The Bertz CT molecular complexity index is 348. The molecule has 2 unspecified atom stereocenters. The average Bonchev–Trinajstić information content (AvgIpc) is 2.39. The predicted molar refractivity (Wildman–Crippen MR) is 80.3 cm³/mol. The first kappa shape index (κ1) is 16.1. The molecule has 1 N–H and O–H groups in total. The van der Waals surface area contributed by atoms with Gasteiger partial charge in [0.25, 0.3) is 0 Å². The number of nitrogens with one attached hydrogen (secondary N) is 1. The van der Waals surface area contributed by atoms with E-state index in [-0.39, 0.29) is 12.1 Å². The quantitative estimate of drug-likeness (QED) is 0.780. The minimum Gasteiger partial charge on any atom is -0.376 e. The van der Waals surface area contributed by atoms with Crippen molar-refractivity contribution in [3.63, 3.8) is 0 Å². The normalized spacial score (nSPS) is 14.6. The van der Waals surface area contributed by atoms with Gasteiger partial charge in [-0.1, -0.05) is 26.8 Å². The summed E-state index contributed by atoms with van der Waals surface area (Å²) in [5, 5.41) is 3.61. The third kappa shape index (κ3) is 4.92. The van der Waals surface area contributed by atoms with E-state index in [2.05, 4.69) is 50.1 Å². The summed E-state index contributed by atoms with van der Waals surface area (Å²) < 4.78 is 5.96. The lowest BCUT2D eigenvalue weighted by Crippen LogP contribution is -2.37. The first-order chi connectivity index (χ1) is 9.10. The Morgan fingerprint density at radius 2 is 2.00 bits per heavy atom. The van der Waals surface area contributed by atoms with Gasteiger partial charge in [0.15, 0.2) is 0 Å². The third-order valence-electron chi connectivity index (χ3n) is 3.25. The highest BCUT2D eigenvalue weighted by Crippen LogP contribution is 2.24. The molecule has 1 aromatic heterocycles. The molecule has 108 valence electrons. The van der Waals surface area contributed by atoms with Crippen molar-refractivity contribution < 1.29 is 4.74 Å². The Morgan fingerprint density at radius 3 is 2.47 bits per heavy atom. The molecular formula is C16H28N2O. The molecule has 0 aliphatic rings. The van der Waals surface area contributed by atoms with Crippen LogP contribution in [-0.2, 0) is 4.74 Å². The number of hydrogen-bond donors (Lipinski definition) is 1. The van der Waals surface area contributed by atoms with Crippen LogP contribution in [0.5, 0.6) is 0 Å². The number of aromatic nitrogens is 1. The second kappa shape index (κ2) is 8.28. The van der Waals surface area contributed by atoms with Gasteiger partial charge in [0.05, 0.1) is 12.1 Å². The number of hydrogen-bond acceptors (Lipinski definition) is 3. The van der Waals surface area contributed by atoms with Crippen LogP contribution in [0.4, 0.5) is 0 Å². The first-order valence-corrected chi connectivity index (χ1v) is 7.37. The second-order valence-corrected chi connectivity index (χ2v) is 5.33. The van der Waals surface area contributed by atoms with Gasteiger partial charge in [-0.3, -0.25) is 4.98 Å². The van der Waals surface area contributed by atoms with E-state index in [4.69, 9.17) is 4.74 Å². The van der Waals surface area contributed by atoms with Gasteiger partial charge >= 0.3 is 0 Å². The van der Waals surface area contributed by atoms with Crippen LogP contribution in [0.15, 0.2) is 18.3 Å². The fraction of sp³-hybridized carbons (Fsp3) is 0.688. The van der Waals surface area contributed by atoms with Crippen molar-refractivity contribution >= 4 is 0 Å². The molecule has 0 aliphatic carbocycles. The SMILES string of the molecule is CCCNC(c1ccc(C)nc1)C(OCC)C(C)C. The maximum Gasteiger partial charge on any atom is 0.0792 e. The molecule has 0 amide bonds. The highest BCUT2D eigenvalue weighted by Gasteiger charge is 2.26. The van der Waals surface area contributed by atoms with Gasteiger partial charge in [0.2, 0.25) is 0 Å². The molecule has 0 spiro atoms. The summed E-state index contributed by atoms with van der Waals surface area (Å²) in [6.45, 7) is 12.4. The minimum atomic E-state index is 0.182. The largest absolute Gasteiger partial charge is 0.376 e. The zero-order valence-electron chi connectivity index (χ0n) is 12.9. The first-order valence-electron chi connectivity index (χ1n) is 7.37. The van der Waals surface area contributed by atoms with E-state index in [0.29, 0.717) is 5.92 Å². The number of nitrogens with zero attached hydrogens (tertiary/aromatic N) is 1. The molecule has 0 aromatic carbocycles. The number of aryl methyl sites for hydroxylation is 1. The van der Waals surface area contributed by atoms with E-state index >= 15 is 0 Å². The Labute approximate surface area is 117 Å². The topological polar surface area (TPSA) is 34.2 Å². The van der Waals surface area contributed by atoms with Crippen LogP contribution < -0.4 is 5.32 Å². The predicted octanol–water partition coefficient (Wildman–Crippen LogP) is 3.49. The van der Waals surface area contributed by atoms with Crippen LogP contribution in [-0.4, -0.2) is 24.2 Å². The molecule has 1 rings (SSSR count). The number of ether oxygens (including phenoxy) is 1. The summed E-state index contributed by atoms with van der Waals surface area (Å²) in [4.78, 5) is 4.41. The molecule has 3 heteroatoms. The van der Waals surface area contributed by atoms with Crippen LogP contribution in [0.3, 0.4) is 0 Å². The summed E-state index contributed by atoms with van der Waals surface area (Å²) in [7, 11) is 0. The molecule has 1 heterocycles. The van der Waals surface area contributed by atoms with Crippen LogP contribution >= 0.6 is 0 Å². The van der Waals surface area contributed by atoms with Gasteiger partial charge < -0.3 is 10.1 Å². The monoisotopic (exact) mass is 264 g/mol. The molecule has 1 aromatic rings. The van der Waals surface area contributed by atoms with Crippen molar-refractivity contribution in [3.05, 3.63) is 29.6 Å². The van der Waals surface area contributed by atoms with Crippen LogP contribution in [0.25, 0.3) is 0 Å². The van der Waals surface area contributed by atoms with E-state index in [1.54, 1.807) is 0 Å². The summed E-state index contributed by atoms with van der Waals surface area (Å²) in [5.41, 5.74) is 2.27. The van der Waals surface area contributed by atoms with Gasteiger partial charge in [-0.25, -0.2) is 0 Å². The maximum atomic E-state index is 5.96. The van der Waals surface area contributed by atoms with Crippen molar-refractivity contribution in [1.82, 2.24) is 10.3 Å². The molecule has 3 nitrogen and oxygen atoms in total. The molecule has 0 saturated carbocycles. The van der Waals surface area contributed by atoms with E-state index in [1.807, 2.05) is 13.1 Å². The van der Waals surface area contributed by atoms with Gasteiger partial charge in [-0.15, -0.1) is 0 Å². The smallest absolute Gasteiger partial charge is 0.0792 e. The Morgan fingerprint density at radius 1 is 1.26 bits per heavy atom. The van der Waals surface area contributed by atoms with Crippen molar-refractivity contribution in [2.45, 2.75) is 53.2 Å². The van der Waals surface area contributed by atoms with Crippen LogP contribution in [0, 0.1) is 12.8 Å². The zero-order valence-corrected chi connectivity index (χ0v) is 12.9. The van der Waals surface area contributed by atoms with Gasteiger partial charge in [0, 0.05) is 18.5 Å². The van der Waals surface area contributed by atoms with E-state index in [0.717, 1.165) is 25.3 Å². The number of pyridine rings is 1. The highest BCUT2D eigenvalue weighted by atomic mass is 16.5. The van der Waals surface area contributed by atoms with E-state index in [1.165, 1.54) is 5.56 Å². The second-order valence-electron chi connectivity index (χ2n) is 5.33. The third-order valence-corrected chi connectivity index (χ3v) is 3.25. The zero-order chi connectivity index (χ0) is 14.3. The summed E-state index contributed by atoms with van der Waals surface area (Å²) in [5.74, 6) is 0.468. The van der Waals surface area contributed by atoms with Crippen LogP contribution in [0.2, 0.25) is 0 Å². The summed E-state index contributed by atoms with van der Waals surface area (Å²) in [6.07, 6.45) is 3.27. The molecule has 0 aliphatic heterocycles. The van der Waals surface area contributed by atoms with Crippen molar-refractivity contribution in [3.8, 4) is 0 Å². The fourth-order valence-corrected chi connectivity index (χ4v) is 2.25. The van der Waals surface area contributed by atoms with Crippen LogP contribution in [0.1, 0.15) is 51.4 Å². The minimum absolute atomic E-state index is 0.182. The number of rotatable bonds is 8. The van der Waals surface area contributed by atoms with E-state index < -0.39 is 0 Å². The highest BCUT2D eigenvalue weighted by molar-refractivity contribution is 5.19. The van der Waals surface area contributed by atoms with Crippen molar-refractivity contribution in [1.29, 1.82) is 0 Å². The lowest BCUT2D eigenvalue weighted by Gasteiger charge is -2.31. The fourth-order valence-electron chi connectivity index (χ4n) is 2.25. The summed E-state index contributed by atoms with van der Waals surface area (Å²) in [6, 6.07) is 4.44. The molecule has 0 bridgehead atoms.